The van der Waals surface area contributed by atoms with Crippen molar-refractivity contribution in [1.82, 2.24) is 15.3 Å². The van der Waals surface area contributed by atoms with Gasteiger partial charge in [-0.15, -0.1) is 11.3 Å². The Balaban J connectivity index is 1.43. The lowest BCUT2D eigenvalue weighted by molar-refractivity contribution is 0.0946. The number of hydrogen-bond acceptors (Lipinski definition) is 5. The number of amides is 1. The molecule has 0 bridgehead atoms. The lowest BCUT2D eigenvalue weighted by Crippen LogP contribution is -2.30. The van der Waals surface area contributed by atoms with Crippen LogP contribution in [0.3, 0.4) is 0 Å². The number of pyridine rings is 1. The third-order valence-electron chi connectivity index (χ3n) is 4.78. The molecule has 28 heavy (non-hydrogen) atoms. The second kappa shape index (κ2) is 8.48. The molecule has 0 aliphatic carbocycles. The highest BCUT2D eigenvalue weighted by Crippen LogP contribution is 2.27. The largest absolute Gasteiger partial charge is 0.357 e. The van der Waals surface area contributed by atoms with Crippen molar-refractivity contribution in [2.24, 2.45) is 0 Å². The van der Waals surface area contributed by atoms with E-state index in [-0.39, 0.29) is 11.7 Å². The second-order valence-corrected chi connectivity index (χ2v) is 7.66. The topological polar surface area (TPSA) is 58.1 Å². The molecule has 1 amide bonds. The predicted octanol–water partition coefficient (Wildman–Crippen LogP) is 4.26. The molecule has 1 saturated heterocycles. The van der Waals surface area contributed by atoms with Gasteiger partial charge in [0.2, 0.25) is 0 Å². The maximum Gasteiger partial charge on any atom is 0.271 e. The van der Waals surface area contributed by atoms with Gasteiger partial charge >= 0.3 is 0 Å². The van der Waals surface area contributed by atoms with Gasteiger partial charge in [-0.05, 0) is 49.1 Å². The SMILES string of the molecule is O=C(NCc1ccc(F)cc1)c1csc(-c2ccnc(N3CCCCC3)c2)n1. The quantitative estimate of drug-likeness (QED) is 0.700. The van der Waals surface area contributed by atoms with Crippen molar-refractivity contribution in [3.63, 3.8) is 0 Å². The van der Waals surface area contributed by atoms with Gasteiger partial charge in [-0.3, -0.25) is 4.79 Å². The minimum atomic E-state index is -0.291. The summed E-state index contributed by atoms with van der Waals surface area (Å²) < 4.78 is 13.0. The zero-order chi connectivity index (χ0) is 19.3. The summed E-state index contributed by atoms with van der Waals surface area (Å²) in [6.07, 6.45) is 5.47. The molecule has 7 heteroatoms. The van der Waals surface area contributed by atoms with Gasteiger partial charge < -0.3 is 10.2 Å². The molecule has 144 valence electrons. The third-order valence-corrected chi connectivity index (χ3v) is 5.67. The van der Waals surface area contributed by atoms with Crippen LogP contribution in [-0.2, 0) is 6.54 Å². The Bertz CT molecular complexity index is 951. The van der Waals surface area contributed by atoms with Crippen molar-refractivity contribution < 1.29 is 9.18 Å². The van der Waals surface area contributed by atoms with E-state index in [1.54, 1.807) is 23.7 Å². The van der Waals surface area contributed by atoms with Gasteiger partial charge in [-0.25, -0.2) is 14.4 Å². The molecule has 1 aliphatic heterocycles. The van der Waals surface area contributed by atoms with E-state index in [0.717, 1.165) is 35.0 Å². The fourth-order valence-electron chi connectivity index (χ4n) is 3.23. The summed E-state index contributed by atoms with van der Waals surface area (Å²) >= 11 is 1.44. The van der Waals surface area contributed by atoms with E-state index in [4.69, 9.17) is 0 Å². The summed E-state index contributed by atoms with van der Waals surface area (Å²) in [5.74, 6) is 0.437. The lowest BCUT2D eigenvalue weighted by Gasteiger charge is -2.27. The van der Waals surface area contributed by atoms with Crippen LogP contribution in [-0.4, -0.2) is 29.0 Å². The van der Waals surface area contributed by atoms with Crippen LogP contribution >= 0.6 is 11.3 Å². The summed E-state index contributed by atoms with van der Waals surface area (Å²) in [7, 11) is 0. The number of carbonyl (C=O) groups is 1. The second-order valence-electron chi connectivity index (χ2n) is 6.80. The molecule has 1 aromatic carbocycles. The fourth-order valence-corrected chi connectivity index (χ4v) is 4.03. The first-order chi connectivity index (χ1) is 13.7. The summed E-state index contributed by atoms with van der Waals surface area (Å²) in [4.78, 5) is 23.7. The van der Waals surface area contributed by atoms with Gasteiger partial charge in [-0.2, -0.15) is 0 Å². The van der Waals surface area contributed by atoms with Crippen molar-refractivity contribution in [3.8, 4) is 10.6 Å². The fraction of sp³-hybridized carbons (Fsp3) is 0.286. The average molecular weight is 396 g/mol. The summed E-state index contributed by atoms with van der Waals surface area (Å²) in [6.45, 7) is 2.40. The van der Waals surface area contributed by atoms with Crippen LogP contribution < -0.4 is 10.2 Å². The molecule has 1 fully saturated rings. The van der Waals surface area contributed by atoms with Gasteiger partial charge in [0.05, 0.1) is 0 Å². The molecule has 0 atom stereocenters. The van der Waals surface area contributed by atoms with Crippen molar-refractivity contribution in [1.29, 1.82) is 0 Å². The smallest absolute Gasteiger partial charge is 0.271 e. The van der Waals surface area contributed by atoms with Gasteiger partial charge in [0.25, 0.3) is 5.91 Å². The van der Waals surface area contributed by atoms with E-state index < -0.39 is 0 Å². The highest BCUT2D eigenvalue weighted by Gasteiger charge is 2.15. The van der Waals surface area contributed by atoms with Crippen molar-refractivity contribution >= 4 is 23.1 Å². The number of hydrogen-bond donors (Lipinski definition) is 1. The van der Waals surface area contributed by atoms with E-state index in [9.17, 15) is 9.18 Å². The van der Waals surface area contributed by atoms with Crippen LogP contribution in [0.15, 0.2) is 48.0 Å². The Kier molecular flexibility index (Phi) is 5.62. The average Bonchev–Trinajstić information content (AvgIpc) is 3.24. The minimum absolute atomic E-state index is 0.239. The Hall–Kier alpha value is -2.80. The number of benzene rings is 1. The van der Waals surface area contributed by atoms with Gasteiger partial charge in [-0.1, -0.05) is 12.1 Å². The maximum atomic E-state index is 13.0. The Labute approximate surface area is 167 Å². The molecule has 4 rings (SSSR count). The molecule has 0 radical (unpaired) electrons. The molecule has 1 aliphatic rings. The molecule has 3 aromatic rings. The number of nitrogens with zero attached hydrogens (tertiary/aromatic N) is 3. The Morgan fingerprint density at radius 2 is 1.93 bits per heavy atom. The first-order valence-corrected chi connectivity index (χ1v) is 10.3. The molecule has 0 spiro atoms. The van der Waals surface area contributed by atoms with E-state index in [1.807, 2.05) is 12.1 Å². The number of halogens is 1. The molecule has 3 heterocycles. The van der Waals surface area contributed by atoms with Gasteiger partial charge in [0.1, 0.15) is 22.3 Å². The standard InChI is InChI=1S/C21H21FN4OS/c22-17-6-4-15(5-7-17)13-24-20(27)18-14-28-21(25-18)16-8-9-23-19(12-16)26-10-2-1-3-11-26/h4-9,12,14H,1-3,10-11,13H2,(H,24,27). The summed E-state index contributed by atoms with van der Waals surface area (Å²) in [5, 5.41) is 5.38. The first-order valence-electron chi connectivity index (χ1n) is 9.38. The van der Waals surface area contributed by atoms with Crippen molar-refractivity contribution in [2.45, 2.75) is 25.8 Å². The van der Waals surface area contributed by atoms with Crippen LogP contribution in [0.4, 0.5) is 10.2 Å². The van der Waals surface area contributed by atoms with E-state index in [2.05, 4.69) is 20.2 Å². The summed E-state index contributed by atoms with van der Waals surface area (Å²) in [6, 6.07) is 10.0. The Morgan fingerprint density at radius 3 is 2.71 bits per heavy atom. The van der Waals surface area contributed by atoms with Crippen molar-refractivity contribution in [3.05, 3.63) is 65.0 Å². The number of aromatic nitrogens is 2. The first kappa shape index (κ1) is 18.6. The van der Waals surface area contributed by atoms with Gasteiger partial charge in [0, 0.05) is 36.8 Å². The number of anilines is 1. The molecule has 5 nitrogen and oxygen atoms in total. The van der Waals surface area contributed by atoms with Crippen LogP contribution in [0.5, 0.6) is 0 Å². The monoisotopic (exact) mass is 396 g/mol. The minimum Gasteiger partial charge on any atom is -0.357 e. The molecular weight excluding hydrogens is 375 g/mol. The predicted molar refractivity (Wildman–Crippen MR) is 109 cm³/mol. The molecule has 0 unspecified atom stereocenters. The molecule has 0 saturated carbocycles. The number of thiazole rings is 1. The molecular formula is C21H21FN4OS. The van der Waals surface area contributed by atoms with Crippen LogP contribution in [0.1, 0.15) is 35.3 Å². The van der Waals surface area contributed by atoms with Crippen LogP contribution in [0.2, 0.25) is 0 Å². The van der Waals surface area contributed by atoms with Crippen LogP contribution in [0.25, 0.3) is 10.6 Å². The van der Waals surface area contributed by atoms with E-state index >= 15 is 0 Å². The molecule has 1 N–H and O–H groups in total. The number of rotatable bonds is 5. The zero-order valence-electron chi connectivity index (χ0n) is 15.4. The maximum absolute atomic E-state index is 13.0. The summed E-state index contributed by atoms with van der Waals surface area (Å²) in [5.41, 5.74) is 2.20. The number of carbonyl (C=O) groups excluding carboxylic acids is 1. The zero-order valence-corrected chi connectivity index (χ0v) is 16.2. The normalized spacial score (nSPS) is 14.1. The Morgan fingerprint density at radius 1 is 1.14 bits per heavy atom. The van der Waals surface area contributed by atoms with Crippen molar-refractivity contribution in [2.75, 3.05) is 18.0 Å². The number of nitrogens with one attached hydrogen (secondary N) is 1. The van der Waals surface area contributed by atoms with E-state index in [1.165, 1.54) is 42.7 Å². The number of piperidine rings is 1. The lowest BCUT2D eigenvalue weighted by atomic mass is 10.1. The molecule has 2 aromatic heterocycles. The van der Waals surface area contributed by atoms with Gasteiger partial charge in [0.15, 0.2) is 0 Å². The highest BCUT2D eigenvalue weighted by atomic mass is 32.1. The van der Waals surface area contributed by atoms with E-state index in [0.29, 0.717) is 12.2 Å². The van der Waals surface area contributed by atoms with Crippen LogP contribution in [0, 0.1) is 5.82 Å². The third kappa shape index (κ3) is 4.36. The highest BCUT2D eigenvalue weighted by molar-refractivity contribution is 7.13.